The van der Waals surface area contributed by atoms with E-state index in [2.05, 4.69) is 16.6 Å². The summed E-state index contributed by atoms with van der Waals surface area (Å²) in [7, 11) is 0. The maximum Gasteiger partial charge on any atom is 0.233 e. The topological polar surface area (TPSA) is 50.4 Å². The Labute approximate surface area is 108 Å². The molecule has 4 heteroatoms. The van der Waals surface area contributed by atoms with Crippen molar-refractivity contribution in [3.05, 3.63) is 30.3 Å². The minimum Gasteiger partial charge on any atom is -0.494 e. The van der Waals surface area contributed by atoms with E-state index in [1.165, 1.54) is 0 Å². The molecule has 0 saturated heterocycles. The minimum atomic E-state index is -0.0510. The largest absolute Gasteiger partial charge is 0.494 e. The first-order valence-electron chi connectivity index (χ1n) is 5.91. The number of ether oxygens (including phenoxy) is 1. The number of amides is 1. The molecule has 0 aliphatic carbocycles. The van der Waals surface area contributed by atoms with Gasteiger partial charge in [0.2, 0.25) is 5.91 Å². The molecular weight excluding hydrogens is 228 g/mol. The van der Waals surface area contributed by atoms with Gasteiger partial charge in [0, 0.05) is 6.54 Å². The first-order valence-corrected chi connectivity index (χ1v) is 5.91. The van der Waals surface area contributed by atoms with E-state index in [1.54, 1.807) is 0 Å². The van der Waals surface area contributed by atoms with Crippen LogP contribution in [0.3, 0.4) is 0 Å². The van der Waals surface area contributed by atoms with E-state index in [0.717, 1.165) is 12.2 Å². The number of terminal acetylenes is 1. The zero-order chi connectivity index (χ0) is 13.1. The molecule has 0 aromatic heterocycles. The monoisotopic (exact) mass is 246 g/mol. The van der Waals surface area contributed by atoms with Crippen molar-refractivity contribution in [1.29, 1.82) is 0 Å². The van der Waals surface area contributed by atoms with E-state index < -0.39 is 0 Å². The zero-order valence-corrected chi connectivity index (χ0v) is 10.3. The first kappa shape index (κ1) is 14.1. The van der Waals surface area contributed by atoms with Crippen LogP contribution in [0.15, 0.2) is 30.3 Å². The molecule has 0 radical (unpaired) electrons. The molecule has 0 bridgehead atoms. The minimum absolute atomic E-state index is 0.0510. The highest BCUT2D eigenvalue weighted by molar-refractivity contribution is 5.77. The van der Waals surface area contributed by atoms with Crippen molar-refractivity contribution in [3.63, 3.8) is 0 Å². The lowest BCUT2D eigenvalue weighted by Gasteiger charge is -2.07. The summed E-state index contributed by atoms with van der Waals surface area (Å²) in [5.74, 6) is 3.20. The second kappa shape index (κ2) is 9.08. The van der Waals surface area contributed by atoms with Gasteiger partial charge in [0.1, 0.15) is 5.75 Å². The third-order valence-electron chi connectivity index (χ3n) is 2.17. The molecule has 1 aromatic carbocycles. The predicted octanol–water partition coefficient (Wildman–Crippen LogP) is 0.794. The number of carbonyl (C=O) groups is 1. The number of carbonyl (C=O) groups excluding carboxylic acids is 1. The van der Waals surface area contributed by atoms with E-state index in [1.807, 2.05) is 30.3 Å². The van der Waals surface area contributed by atoms with Crippen molar-refractivity contribution in [3.8, 4) is 18.1 Å². The number of nitrogens with one attached hydrogen (secondary N) is 2. The van der Waals surface area contributed by atoms with Crippen LogP contribution in [0.2, 0.25) is 0 Å². The summed E-state index contributed by atoms with van der Waals surface area (Å²) < 4.78 is 5.49. The molecule has 1 rings (SSSR count). The molecule has 0 aliphatic heterocycles. The fraction of sp³-hybridized carbons (Fsp3) is 0.357. The van der Waals surface area contributed by atoms with Gasteiger partial charge in [0.05, 0.1) is 19.7 Å². The Morgan fingerprint density at radius 2 is 2.11 bits per heavy atom. The standard InChI is InChI=1S/C14H18N2O2/c1-2-9-15-12-14(17)16-10-6-11-18-13-7-4-3-5-8-13/h1,3-5,7-8,15H,6,9-12H2,(H,16,17). The summed E-state index contributed by atoms with van der Waals surface area (Å²) in [5.41, 5.74) is 0. The van der Waals surface area contributed by atoms with Crippen LogP contribution < -0.4 is 15.4 Å². The Bertz CT molecular complexity index is 385. The summed E-state index contributed by atoms with van der Waals surface area (Å²) in [5, 5.41) is 5.60. The smallest absolute Gasteiger partial charge is 0.233 e. The van der Waals surface area contributed by atoms with Crippen molar-refractivity contribution in [1.82, 2.24) is 10.6 Å². The highest BCUT2D eigenvalue weighted by Crippen LogP contribution is 2.07. The molecule has 18 heavy (non-hydrogen) atoms. The normalized spacial score (nSPS) is 9.50. The average Bonchev–Trinajstić information content (AvgIpc) is 2.40. The number of hydrogen-bond donors (Lipinski definition) is 2. The van der Waals surface area contributed by atoms with Gasteiger partial charge in [-0.1, -0.05) is 24.1 Å². The Hall–Kier alpha value is -1.99. The molecule has 0 fully saturated rings. The SMILES string of the molecule is C#CCNCC(=O)NCCCOc1ccccc1. The molecule has 0 saturated carbocycles. The van der Waals surface area contributed by atoms with Gasteiger partial charge in [-0.05, 0) is 18.6 Å². The first-order chi connectivity index (χ1) is 8.83. The molecule has 2 N–H and O–H groups in total. The van der Waals surface area contributed by atoms with Gasteiger partial charge in [0.25, 0.3) is 0 Å². The summed E-state index contributed by atoms with van der Waals surface area (Å²) in [6.07, 6.45) is 5.82. The molecule has 0 heterocycles. The molecule has 96 valence electrons. The third-order valence-corrected chi connectivity index (χ3v) is 2.17. The Morgan fingerprint density at radius 1 is 1.33 bits per heavy atom. The molecular formula is C14H18N2O2. The van der Waals surface area contributed by atoms with Crippen molar-refractivity contribution in [2.45, 2.75) is 6.42 Å². The lowest BCUT2D eigenvalue weighted by Crippen LogP contribution is -2.34. The van der Waals surface area contributed by atoms with E-state index >= 15 is 0 Å². The second-order valence-electron chi connectivity index (χ2n) is 3.67. The van der Waals surface area contributed by atoms with Gasteiger partial charge < -0.3 is 10.1 Å². The predicted molar refractivity (Wildman–Crippen MR) is 71.3 cm³/mol. The lowest BCUT2D eigenvalue weighted by atomic mass is 10.3. The summed E-state index contributed by atoms with van der Waals surface area (Å²) in [6.45, 7) is 1.85. The van der Waals surface area contributed by atoms with Crippen LogP contribution in [0.25, 0.3) is 0 Å². The van der Waals surface area contributed by atoms with Crippen LogP contribution in [-0.2, 0) is 4.79 Å². The molecule has 0 unspecified atom stereocenters. The van der Waals surface area contributed by atoms with Crippen LogP contribution in [0, 0.1) is 12.3 Å². The fourth-order valence-corrected chi connectivity index (χ4v) is 1.32. The van der Waals surface area contributed by atoms with E-state index in [4.69, 9.17) is 11.2 Å². The van der Waals surface area contributed by atoms with Crippen LogP contribution in [0.4, 0.5) is 0 Å². The van der Waals surface area contributed by atoms with Crippen LogP contribution >= 0.6 is 0 Å². The number of para-hydroxylation sites is 1. The number of benzene rings is 1. The van der Waals surface area contributed by atoms with Crippen LogP contribution in [0.1, 0.15) is 6.42 Å². The average molecular weight is 246 g/mol. The van der Waals surface area contributed by atoms with Gasteiger partial charge in [-0.25, -0.2) is 0 Å². The van der Waals surface area contributed by atoms with Crippen LogP contribution in [-0.4, -0.2) is 32.1 Å². The number of hydrogen-bond acceptors (Lipinski definition) is 3. The second-order valence-corrected chi connectivity index (χ2v) is 3.67. The lowest BCUT2D eigenvalue weighted by molar-refractivity contribution is -0.120. The van der Waals surface area contributed by atoms with Crippen LogP contribution in [0.5, 0.6) is 5.75 Å². The Kier molecular flexibility index (Phi) is 7.10. The maximum atomic E-state index is 11.3. The zero-order valence-electron chi connectivity index (χ0n) is 10.3. The molecule has 1 aromatic rings. The molecule has 0 spiro atoms. The number of rotatable bonds is 8. The highest BCUT2D eigenvalue weighted by atomic mass is 16.5. The summed E-state index contributed by atoms with van der Waals surface area (Å²) in [4.78, 5) is 11.3. The molecule has 1 amide bonds. The quantitative estimate of drug-likeness (QED) is 0.527. The maximum absolute atomic E-state index is 11.3. The summed E-state index contributed by atoms with van der Waals surface area (Å²) >= 11 is 0. The Balaban J connectivity index is 1.99. The van der Waals surface area contributed by atoms with Crippen molar-refractivity contribution in [2.75, 3.05) is 26.2 Å². The molecule has 0 atom stereocenters. The van der Waals surface area contributed by atoms with Gasteiger partial charge in [-0.15, -0.1) is 6.42 Å². The molecule has 4 nitrogen and oxygen atoms in total. The van der Waals surface area contributed by atoms with Gasteiger partial charge in [-0.2, -0.15) is 0 Å². The van der Waals surface area contributed by atoms with Crippen molar-refractivity contribution in [2.24, 2.45) is 0 Å². The molecule has 0 aliphatic rings. The van der Waals surface area contributed by atoms with Gasteiger partial charge in [0.15, 0.2) is 0 Å². The third kappa shape index (κ3) is 6.56. The summed E-state index contributed by atoms with van der Waals surface area (Å²) in [6, 6.07) is 9.60. The van der Waals surface area contributed by atoms with E-state index in [9.17, 15) is 4.79 Å². The van der Waals surface area contributed by atoms with Gasteiger partial charge >= 0.3 is 0 Å². The van der Waals surface area contributed by atoms with E-state index in [-0.39, 0.29) is 12.5 Å². The fourth-order valence-electron chi connectivity index (χ4n) is 1.32. The van der Waals surface area contributed by atoms with Crippen molar-refractivity contribution >= 4 is 5.91 Å². The highest BCUT2D eigenvalue weighted by Gasteiger charge is 1.98. The van der Waals surface area contributed by atoms with Crippen molar-refractivity contribution < 1.29 is 9.53 Å². The van der Waals surface area contributed by atoms with E-state index in [0.29, 0.717) is 19.7 Å². The van der Waals surface area contributed by atoms with Gasteiger partial charge in [-0.3, -0.25) is 10.1 Å². The Morgan fingerprint density at radius 3 is 2.83 bits per heavy atom.